The fourth-order valence-electron chi connectivity index (χ4n) is 1.81. The van der Waals surface area contributed by atoms with E-state index in [0.717, 1.165) is 0 Å². The van der Waals surface area contributed by atoms with Gasteiger partial charge < -0.3 is 14.2 Å². The molecule has 0 N–H and O–H groups in total. The summed E-state index contributed by atoms with van der Waals surface area (Å²) in [7, 11) is -1.62. The minimum Gasteiger partial charge on any atom is -0.382 e. The van der Waals surface area contributed by atoms with Crippen molar-refractivity contribution in [2.24, 2.45) is 0 Å². The van der Waals surface area contributed by atoms with Crippen LogP contribution in [0.25, 0.3) is 0 Å². The van der Waals surface area contributed by atoms with Gasteiger partial charge in [-0.25, -0.2) is 8.42 Å². The van der Waals surface area contributed by atoms with E-state index in [-0.39, 0.29) is 11.4 Å². The second-order valence-electron chi connectivity index (χ2n) is 4.01. The van der Waals surface area contributed by atoms with E-state index in [4.69, 9.17) is 14.2 Å². The first-order valence-corrected chi connectivity index (χ1v) is 6.82. The van der Waals surface area contributed by atoms with E-state index in [2.05, 4.69) is 0 Å². The van der Waals surface area contributed by atoms with Crippen molar-refractivity contribution >= 4 is 10.0 Å². The van der Waals surface area contributed by atoms with E-state index in [9.17, 15) is 8.42 Å². The summed E-state index contributed by atoms with van der Waals surface area (Å²) in [5.74, 6) is 0. The van der Waals surface area contributed by atoms with Crippen LogP contribution in [0.1, 0.15) is 0 Å². The molecule has 2 heterocycles. The van der Waals surface area contributed by atoms with Crippen LogP contribution in [0.4, 0.5) is 0 Å². The summed E-state index contributed by atoms with van der Waals surface area (Å²) in [5.41, 5.74) is 0. The molecule has 0 aromatic rings. The van der Waals surface area contributed by atoms with Crippen LogP contribution >= 0.6 is 0 Å². The lowest BCUT2D eigenvalue weighted by Gasteiger charge is -2.36. The van der Waals surface area contributed by atoms with Crippen molar-refractivity contribution in [3.8, 4) is 0 Å². The van der Waals surface area contributed by atoms with E-state index in [0.29, 0.717) is 39.5 Å². The summed E-state index contributed by atoms with van der Waals surface area (Å²) in [6.07, 6.45) is -0.158. The van der Waals surface area contributed by atoms with Gasteiger partial charge >= 0.3 is 0 Å². The van der Waals surface area contributed by atoms with Crippen molar-refractivity contribution < 1.29 is 22.6 Å². The summed E-state index contributed by atoms with van der Waals surface area (Å²) in [5, 5.41) is -0.367. The fourth-order valence-corrected chi connectivity index (χ4v) is 3.47. The maximum atomic E-state index is 12.1. The molecule has 1 unspecified atom stereocenters. The first-order chi connectivity index (χ1) is 7.64. The average Bonchev–Trinajstić information content (AvgIpc) is 2.15. The van der Waals surface area contributed by atoms with Crippen LogP contribution < -0.4 is 0 Å². The van der Waals surface area contributed by atoms with Gasteiger partial charge in [-0.15, -0.1) is 0 Å². The lowest BCUT2D eigenvalue weighted by atomic mass is 10.3. The Bertz CT molecular complexity index is 325. The minimum atomic E-state index is -3.20. The van der Waals surface area contributed by atoms with Crippen LogP contribution in [0.5, 0.6) is 0 Å². The predicted octanol–water partition coefficient (Wildman–Crippen LogP) is -0.938. The molecular formula is C9H17NO5S. The summed E-state index contributed by atoms with van der Waals surface area (Å²) in [6.45, 7) is 2.29. The first-order valence-electron chi connectivity index (χ1n) is 5.32. The molecule has 0 aromatic heterocycles. The van der Waals surface area contributed by atoms with E-state index >= 15 is 0 Å². The highest BCUT2D eigenvalue weighted by Crippen LogP contribution is 2.19. The highest BCUT2D eigenvalue weighted by atomic mass is 32.2. The predicted molar refractivity (Wildman–Crippen MR) is 56.7 cm³/mol. The Morgan fingerprint density at radius 1 is 1.44 bits per heavy atom. The fraction of sp³-hybridized carbons (Fsp3) is 1.00. The van der Waals surface area contributed by atoms with Gasteiger partial charge in [-0.3, -0.25) is 0 Å². The van der Waals surface area contributed by atoms with Crippen LogP contribution in [0.3, 0.4) is 0 Å². The molecule has 2 fully saturated rings. The normalized spacial score (nSPS) is 28.9. The van der Waals surface area contributed by atoms with Crippen molar-refractivity contribution in [3.63, 3.8) is 0 Å². The molecule has 2 saturated heterocycles. The number of morpholine rings is 1. The van der Waals surface area contributed by atoms with Crippen molar-refractivity contribution in [1.29, 1.82) is 0 Å². The number of sulfonamides is 1. The van der Waals surface area contributed by atoms with Gasteiger partial charge in [0.05, 0.1) is 32.5 Å². The highest BCUT2D eigenvalue weighted by Gasteiger charge is 2.39. The minimum absolute atomic E-state index is 0.158. The Balaban J connectivity index is 1.97. The Kier molecular flexibility index (Phi) is 3.81. The third kappa shape index (κ3) is 2.38. The molecule has 0 saturated carbocycles. The van der Waals surface area contributed by atoms with Gasteiger partial charge in [0, 0.05) is 20.2 Å². The van der Waals surface area contributed by atoms with Gasteiger partial charge in [0.2, 0.25) is 10.0 Å². The molecule has 0 aliphatic carbocycles. The van der Waals surface area contributed by atoms with Crippen LogP contribution in [-0.4, -0.2) is 70.7 Å². The molecule has 6 nitrogen and oxygen atoms in total. The maximum Gasteiger partial charge on any atom is 0.221 e. The molecule has 0 amide bonds. The Morgan fingerprint density at radius 2 is 2.19 bits per heavy atom. The summed E-state index contributed by atoms with van der Waals surface area (Å²) in [6, 6.07) is 0. The average molecular weight is 251 g/mol. The van der Waals surface area contributed by atoms with Crippen molar-refractivity contribution in [3.05, 3.63) is 0 Å². The molecule has 2 aliphatic heterocycles. The lowest BCUT2D eigenvalue weighted by Crippen LogP contribution is -2.54. The van der Waals surface area contributed by atoms with E-state index in [1.807, 2.05) is 0 Å². The number of hydrogen-bond donors (Lipinski definition) is 0. The van der Waals surface area contributed by atoms with Gasteiger partial charge in [0.25, 0.3) is 0 Å². The second kappa shape index (κ2) is 4.97. The van der Waals surface area contributed by atoms with Gasteiger partial charge in [0.15, 0.2) is 0 Å². The zero-order valence-electron chi connectivity index (χ0n) is 9.29. The van der Waals surface area contributed by atoms with E-state index in [1.54, 1.807) is 7.11 Å². The number of ether oxygens (including phenoxy) is 3. The topological polar surface area (TPSA) is 65.1 Å². The van der Waals surface area contributed by atoms with Crippen LogP contribution in [-0.2, 0) is 24.2 Å². The summed E-state index contributed by atoms with van der Waals surface area (Å²) < 4.78 is 40.9. The molecule has 7 heteroatoms. The van der Waals surface area contributed by atoms with Crippen LogP contribution in [0.2, 0.25) is 0 Å². The zero-order chi connectivity index (χ0) is 11.6. The largest absolute Gasteiger partial charge is 0.382 e. The number of hydrogen-bond acceptors (Lipinski definition) is 5. The molecule has 0 radical (unpaired) electrons. The third-order valence-corrected chi connectivity index (χ3v) is 5.01. The molecule has 2 rings (SSSR count). The van der Waals surface area contributed by atoms with Gasteiger partial charge in [-0.1, -0.05) is 0 Å². The Hall–Kier alpha value is -0.210. The zero-order valence-corrected chi connectivity index (χ0v) is 10.1. The summed E-state index contributed by atoms with van der Waals surface area (Å²) >= 11 is 0. The Labute approximate surface area is 95.5 Å². The standard InChI is InChI=1S/C9H17NO5S/c1-13-5-8-4-10(2-3-15-8)16(11,12)9-6-14-7-9/h8-9H,2-7H2,1H3. The highest BCUT2D eigenvalue weighted by molar-refractivity contribution is 7.89. The number of nitrogens with zero attached hydrogens (tertiary/aromatic N) is 1. The van der Waals surface area contributed by atoms with E-state index in [1.165, 1.54) is 4.31 Å². The molecule has 16 heavy (non-hydrogen) atoms. The molecule has 94 valence electrons. The number of methoxy groups -OCH3 is 1. The monoisotopic (exact) mass is 251 g/mol. The first kappa shape index (κ1) is 12.3. The summed E-state index contributed by atoms with van der Waals surface area (Å²) in [4.78, 5) is 0. The van der Waals surface area contributed by atoms with Crippen LogP contribution in [0.15, 0.2) is 0 Å². The third-order valence-electron chi connectivity index (χ3n) is 2.84. The van der Waals surface area contributed by atoms with E-state index < -0.39 is 10.0 Å². The lowest BCUT2D eigenvalue weighted by molar-refractivity contribution is -0.0424. The van der Waals surface area contributed by atoms with Crippen molar-refractivity contribution in [2.45, 2.75) is 11.4 Å². The molecule has 0 bridgehead atoms. The SMILES string of the molecule is COCC1CN(S(=O)(=O)C2COC2)CCO1. The second-order valence-corrected chi connectivity index (χ2v) is 6.22. The quantitative estimate of drug-likeness (QED) is 0.645. The molecule has 0 spiro atoms. The molecule has 2 aliphatic rings. The van der Waals surface area contributed by atoms with Gasteiger partial charge in [0.1, 0.15) is 5.25 Å². The van der Waals surface area contributed by atoms with Crippen molar-refractivity contribution in [2.75, 3.05) is 46.6 Å². The maximum absolute atomic E-state index is 12.1. The smallest absolute Gasteiger partial charge is 0.221 e. The Morgan fingerprint density at radius 3 is 2.75 bits per heavy atom. The molecular weight excluding hydrogens is 234 g/mol. The molecule has 1 atom stereocenters. The van der Waals surface area contributed by atoms with Gasteiger partial charge in [-0.05, 0) is 0 Å². The van der Waals surface area contributed by atoms with Crippen LogP contribution in [0, 0.1) is 0 Å². The van der Waals surface area contributed by atoms with Crippen molar-refractivity contribution in [1.82, 2.24) is 4.31 Å². The van der Waals surface area contributed by atoms with Gasteiger partial charge in [-0.2, -0.15) is 4.31 Å². The molecule has 0 aromatic carbocycles. The number of rotatable bonds is 4.